The van der Waals surface area contributed by atoms with Crippen LogP contribution in [0.2, 0.25) is 0 Å². The van der Waals surface area contributed by atoms with Gasteiger partial charge in [0.15, 0.2) is 0 Å². The number of nitriles is 4. The number of rotatable bonds is 4. The molecule has 186 valence electrons. The molecule has 2 aromatic heterocycles. The number of nitrogens with zero attached hydrogens (tertiary/aromatic N) is 4. The summed E-state index contributed by atoms with van der Waals surface area (Å²) in [5.41, 5.74) is 1.41. The van der Waals surface area contributed by atoms with Crippen LogP contribution in [0.3, 0.4) is 0 Å². The summed E-state index contributed by atoms with van der Waals surface area (Å²) in [5.74, 6) is 0. The minimum absolute atomic E-state index is 0.723. The van der Waals surface area contributed by atoms with E-state index in [1.807, 2.05) is 74.5 Å². The first-order chi connectivity index (χ1) is 18.9. The maximum atomic E-state index is 10.3. The van der Waals surface area contributed by atoms with E-state index in [0.717, 1.165) is 52.9 Å². The summed E-state index contributed by atoms with van der Waals surface area (Å²) in [6, 6.07) is 32.5. The van der Waals surface area contributed by atoms with Gasteiger partial charge in [-0.15, -0.1) is 22.7 Å². The minimum atomic E-state index is -1.96. The summed E-state index contributed by atoms with van der Waals surface area (Å²) >= 11 is 3.26. The fourth-order valence-electron chi connectivity index (χ4n) is 5.80. The monoisotopic (exact) mass is 540 g/mol. The van der Waals surface area contributed by atoms with Gasteiger partial charge >= 0.3 is 0 Å². The third kappa shape index (κ3) is 3.29. The zero-order valence-electron chi connectivity index (χ0n) is 21.1. The van der Waals surface area contributed by atoms with E-state index in [2.05, 4.69) is 36.4 Å². The van der Waals surface area contributed by atoms with Crippen LogP contribution in [0, 0.1) is 70.0 Å². The summed E-state index contributed by atoms with van der Waals surface area (Å²) in [7, 11) is 0. The van der Waals surface area contributed by atoms with Crippen molar-refractivity contribution in [3.05, 3.63) is 93.7 Å². The Bertz CT molecular complexity index is 1660. The van der Waals surface area contributed by atoms with Crippen LogP contribution >= 0.6 is 22.7 Å². The molecule has 5 nitrogen and oxygen atoms in total. The van der Waals surface area contributed by atoms with Crippen LogP contribution in [0.5, 0.6) is 0 Å². The Hall–Kier alpha value is -4.50. The lowest BCUT2D eigenvalue weighted by atomic mass is 9.56. The molecule has 2 aliphatic rings. The first-order valence-corrected chi connectivity index (χ1v) is 13.9. The molecule has 0 saturated carbocycles. The first kappa shape index (κ1) is 24.8. The van der Waals surface area contributed by atoms with E-state index in [1.54, 1.807) is 22.7 Å². The molecule has 0 unspecified atom stereocenters. The van der Waals surface area contributed by atoms with E-state index in [-0.39, 0.29) is 0 Å². The van der Waals surface area contributed by atoms with Gasteiger partial charge in [0.1, 0.15) is 12.2 Å². The molecule has 4 heterocycles. The van der Waals surface area contributed by atoms with Crippen molar-refractivity contribution >= 4 is 33.8 Å². The smallest absolute Gasteiger partial charge is 0.208 e. The Morgan fingerprint density at radius 2 is 0.974 bits per heavy atom. The molecule has 0 amide bonds. The van der Waals surface area contributed by atoms with E-state index in [4.69, 9.17) is 4.74 Å². The SMILES string of the molecule is Cc1sc(-c2ccccc2)cc1C1=C(c2cc(-c3ccccc3)sc2C)[C@@H]2O[C@H]1C(C#N)(C#N)C2(C#N)C#N. The molecule has 0 N–H and O–H groups in total. The Morgan fingerprint density at radius 1 is 0.615 bits per heavy atom. The van der Waals surface area contributed by atoms with Gasteiger partial charge in [-0.05, 0) is 59.4 Å². The van der Waals surface area contributed by atoms with Crippen molar-refractivity contribution in [2.45, 2.75) is 26.1 Å². The van der Waals surface area contributed by atoms with Gasteiger partial charge in [0, 0.05) is 19.5 Å². The van der Waals surface area contributed by atoms with Crippen LogP contribution in [-0.4, -0.2) is 12.2 Å². The van der Waals surface area contributed by atoms with Crippen LogP contribution in [0.15, 0.2) is 72.8 Å². The highest BCUT2D eigenvalue weighted by atomic mass is 32.1. The van der Waals surface area contributed by atoms with Crippen molar-refractivity contribution in [3.8, 4) is 45.2 Å². The molecular formula is C32H20N4OS2. The van der Waals surface area contributed by atoms with Crippen LogP contribution in [0.1, 0.15) is 20.9 Å². The molecule has 4 aromatic rings. The van der Waals surface area contributed by atoms with E-state index in [0.29, 0.717) is 0 Å². The molecule has 39 heavy (non-hydrogen) atoms. The normalized spacial score (nSPS) is 20.2. The Kier molecular flexibility index (Phi) is 5.76. The van der Waals surface area contributed by atoms with Gasteiger partial charge in [0.05, 0.1) is 24.3 Å². The third-order valence-corrected chi connectivity index (χ3v) is 9.93. The molecule has 2 bridgehead atoms. The second kappa shape index (κ2) is 9.06. The number of benzene rings is 2. The van der Waals surface area contributed by atoms with Crippen LogP contribution < -0.4 is 0 Å². The summed E-state index contributed by atoms with van der Waals surface area (Å²) in [4.78, 5) is 4.13. The number of ether oxygens (including phenoxy) is 1. The molecule has 2 aliphatic heterocycles. The van der Waals surface area contributed by atoms with Crippen molar-refractivity contribution in [1.82, 2.24) is 0 Å². The molecule has 0 radical (unpaired) electrons. The van der Waals surface area contributed by atoms with Gasteiger partial charge in [-0.3, -0.25) is 0 Å². The second-order valence-corrected chi connectivity index (χ2v) is 12.2. The van der Waals surface area contributed by atoms with Crippen LogP contribution in [0.25, 0.3) is 32.0 Å². The molecular weight excluding hydrogens is 521 g/mol. The van der Waals surface area contributed by atoms with Gasteiger partial charge in [-0.1, -0.05) is 60.7 Å². The van der Waals surface area contributed by atoms with Crippen molar-refractivity contribution in [2.75, 3.05) is 0 Å². The number of hydrogen-bond donors (Lipinski definition) is 0. The second-order valence-electron chi connectivity index (χ2n) is 9.68. The minimum Gasteiger partial charge on any atom is -0.360 e. The molecule has 2 aromatic carbocycles. The topological polar surface area (TPSA) is 104 Å². The Balaban J connectivity index is 1.65. The highest BCUT2D eigenvalue weighted by Gasteiger charge is 2.75. The molecule has 0 spiro atoms. The molecule has 0 aliphatic carbocycles. The number of thiophene rings is 2. The fraction of sp³-hybridized carbons (Fsp3) is 0.188. The fourth-order valence-corrected chi connectivity index (χ4v) is 7.88. The van der Waals surface area contributed by atoms with Crippen molar-refractivity contribution in [2.24, 2.45) is 10.8 Å². The van der Waals surface area contributed by atoms with Gasteiger partial charge in [-0.25, -0.2) is 0 Å². The highest BCUT2D eigenvalue weighted by Crippen LogP contribution is 2.66. The summed E-state index contributed by atoms with van der Waals surface area (Å²) in [5, 5.41) is 41.4. The first-order valence-electron chi connectivity index (χ1n) is 12.3. The third-order valence-electron chi connectivity index (χ3n) is 7.73. The molecule has 1 fully saturated rings. The zero-order valence-corrected chi connectivity index (χ0v) is 22.7. The molecule has 6 rings (SSSR count). The predicted octanol–water partition coefficient (Wildman–Crippen LogP) is 7.52. The van der Waals surface area contributed by atoms with E-state index in [9.17, 15) is 21.0 Å². The van der Waals surface area contributed by atoms with E-state index < -0.39 is 23.0 Å². The standard InChI is InChI=1S/C32H20N4OS2/c1-19-23(13-25(38-19)21-9-5-3-6-10-21)27-28(24-14-26(39-20(24)2)22-11-7-4-8-12-22)30-32(17-35,18-36)31(15-33,16-34)29(27)37-30/h3-14,29-30H,1-2H3/t29-,30+. The van der Waals surface area contributed by atoms with Crippen molar-refractivity contribution in [1.29, 1.82) is 21.0 Å². The Morgan fingerprint density at radius 3 is 1.31 bits per heavy atom. The van der Waals surface area contributed by atoms with Gasteiger partial charge in [0.2, 0.25) is 10.8 Å². The predicted molar refractivity (Wildman–Crippen MR) is 152 cm³/mol. The number of fused-ring (bicyclic) bond motifs is 2. The lowest BCUT2D eigenvalue weighted by Crippen LogP contribution is -2.47. The van der Waals surface area contributed by atoms with E-state index >= 15 is 0 Å². The lowest BCUT2D eigenvalue weighted by molar-refractivity contribution is 0.107. The summed E-state index contributed by atoms with van der Waals surface area (Å²) < 4.78 is 6.39. The maximum absolute atomic E-state index is 10.3. The van der Waals surface area contributed by atoms with E-state index in [1.165, 1.54) is 0 Å². The van der Waals surface area contributed by atoms with Crippen molar-refractivity contribution in [3.63, 3.8) is 0 Å². The average molecular weight is 541 g/mol. The lowest BCUT2D eigenvalue weighted by Gasteiger charge is -2.34. The van der Waals surface area contributed by atoms with Gasteiger partial charge in [0.25, 0.3) is 0 Å². The molecule has 1 saturated heterocycles. The van der Waals surface area contributed by atoms with Gasteiger partial charge in [-0.2, -0.15) is 21.0 Å². The highest BCUT2D eigenvalue weighted by molar-refractivity contribution is 7.16. The molecule has 2 atom stereocenters. The number of hydrogen-bond acceptors (Lipinski definition) is 7. The van der Waals surface area contributed by atoms with Crippen LogP contribution in [0.4, 0.5) is 0 Å². The maximum Gasteiger partial charge on any atom is 0.208 e. The largest absolute Gasteiger partial charge is 0.360 e. The summed E-state index contributed by atoms with van der Waals surface area (Å²) in [6.45, 7) is 4.03. The van der Waals surface area contributed by atoms with Crippen LogP contribution in [-0.2, 0) is 4.74 Å². The Labute approximate surface area is 234 Å². The molecule has 7 heteroatoms. The zero-order chi connectivity index (χ0) is 27.4. The van der Waals surface area contributed by atoms with Gasteiger partial charge < -0.3 is 4.74 Å². The quantitative estimate of drug-likeness (QED) is 0.266. The average Bonchev–Trinajstić information content (AvgIpc) is 3.73. The number of aryl methyl sites for hydroxylation is 2. The van der Waals surface area contributed by atoms with Crippen molar-refractivity contribution < 1.29 is 4.74 Å². The summed E-state index contributed by atoms with van der Waals surface area (Å²) in [6.07, 6.45) is -2.08.